The topological polar surface area (TPSA) is 63.6 Å². The average molecular weight is 478 g/mol. The quantitative estimate of drug-likeness (QED) is 0.491. The minimum Gasteiger partial charge on any atom is -0.299 e. The van der Waals surface area contributed by atoms with Gasteiger partial charge in [-0.1, -0.05) is 54.5 Å². The van der Waals surface area contributed by atoms with E-state index in [9.17, 15) is 13.2 Å². The zero-order chi connectivity index (χ0) is 23.5. The molecule has 2 aliphatic heterocycles. The second-order valence-corrected chi connectivity index (χ2v) is 12.8. The van der Waals surface area contributed by atoms with Crippen molar-refractivity contribution >= 4 is 21.3 Å². The number of carbonyl (C=O) groups is 1. The summed E-state index contributed by atoms with van der Waals surface area (Å²) >= 11 is 0. The summed E-state index contributed by atoms with van der Waals surface area (Å²) in [6.45, 7) is 0. The monoisotopic (exact) mass is 477 g/mol. The fraction of sp³-hybridized carbons (Fsp3) is 0.517. The van der Waals surface area contributed by atoms with Crippen LogP contribution in [0.15, 0.2) is 64.8 Å². The number of hydrogen-bond donors (Lipinski definition) is 0. The summed E-state index contributed by atoms with van der Waals surface area (Å²) in [5.41, 5.74) is 6.60. The lowest BCUT2D eigenvalue weighted by Crippen LogP contribution is -2.23. The number of hydrogen-bond acceptors (Lipinski definition) is 4. The second-order valence-electron chi connectivity index (χ2n) is 10.6. The molecule has 2 fully saturated rings. The third-order valence-electron chi connectivity index (χ3n) is 8.03. The fourth-order valence-corrected chi connectivity index (χ4v) is 8.12. The first-order valence-corrected chi connectivity index (χ1v) is 14.7. The Morgan fingerprint density at radius 1 is 1.06 bits per heavy atom. The minimum absolute atomic E-state index is 0.159. The molecule has 180 valence electrons. The number of aliphatic imine (C=N–C) groups is 1. The highest BCUT2D eigenvalue weighted by Gasteiger charge is 2.30. The third-order valence-corrected chi connectivity index (χ3v) is 9.87. The van der Waals surface area contributed by atoms with Crippen LogP contribution < -0.4 is 0 Å². The highest BCUT2D eigenvalue weighted by Crippen LogP contribution is 2.40. The van der Waals surface area contributed by atoms with Crippen LogP contribution in [0.3, 0.4) is 0 Å². The highest BCUT2D eigenvalue weighted by molar-refractivity contribution is 7.91. The van der Waals surface area contributed by atoms with Crippen LogP contribution in [0, 0.1) is 11.8 Å². The molecule has 1 aromatic carbocycles. The summed E-state index contributed by atoms with van der Waals surface area (Å²) in [6, 6.07) is 8.61. The second kappa shape index (κ2) is 10.2. The van der Waals surface area contributed by atoms with E-state index in [1.54, 1.807) is 0 Å². The Kier molecular flexibility index (Phi) is 7.01. The predicted molar refractivity (Wildman–Crippen MR) is 138 cm³/mol. The standard InChI is InChI=1S/C29H35NO3S/c31-27(13-12-21-14-16-34(32,33)20-21)18-22-5-1-7-24(17-22)25-8-2-9-26(19-25)29-28-11-3-6-23(28)10-4-15-30-29/h1,3-5,7,11,15,17,21,25-26H,2,6,8-10,12-14,16,18-20H2. The minimum atomic E-state index is -2.87. The lowest BCUT2D eigenvalue weighted by atomic mass is 9.74. The number of sulfone groups is 1. The lowest BCUT2D eigenvalue weighted by molar-refractivity contribution is -0.118. The number of ketones is 1. The molecule has 2 heterocycles. The predicted octanol–water partition coefficient (Wildman–Crippen LogP) is 5.90. The van der Waals surface area contributed by atoms with Crippen molar-refractivity contribution in [2.24, 2.45) is 16.8 Å². The number of nitrogens with zero attached hydrogens (tertiary/aromatic N) is 1. The van der Waals surface area contributed by atoms with Gasteiger partial charge >= 0.3 is 0 Å². The van der Waals surface area contributed by atoms with E-state index in [1.807, 2.05) is 6.20 Å². The molecule has 5 heteroatoms. The van der Waals surface area contributed by atoms with Gasteiger partial charge in [-0.3, -0.25) is 9.79 Å². The molecule has 0 amide bonds. The molecule has 4 nitrogen and oxygen atoms in total. The van der Waals surface area contributed by atoms with Crippen molar-refractivity contribution in [1.29, 1.82) is 0 Å². The summed E-state index contributed by atoms with van der Waals surface area (Å²) in [5.74, 6) is 1.91. The van der Waals surface area contributed by atoms with E-state index in [-0.39, 0.29) is 23.2 Å². The van der Waals surface area contributed by atoms with Gasteiger partial charge < -0.3 is 0 Å². The smallest absolute Gasteiger partial charge is 0.150 e. The summed E-state index contributed by atoms with van der Waals surface area (Å²) < 4.78 is 23.3. The number of benzene rings is 1. The summed E-state index contributed by atoms with van der Waals surface area (Å²) in [5, 5.41) is 0. The Balaban J connectivity index is 1.21. The van der Waals surface area contributed by atoms with Crippen LogP contribution in [0.1, 0.15) is 74.8 Å². The van der Waals surface area contributed by atoms with Crippen LogP contribution in [0.5, 0.6) is 0 Å². The van der Waals surface area contributed by atoms with Gasteiger partial charge in [0.15, 0.2) is 9.84 Å². The maximum Gasteiger partial charge on any atom is 0.150 e. The van der Waals surface area contributed by atoms with Gasteiger partial charge in [-0.05, 0) is 73.5 Å². The molecular weight excluding hydrogens is 442 g/mol. The molecule has 0 radical (unpaired) electrons. The number of carbonyl (C=O) groups excluding carboxylic acids is 1. The van der Waals surface area contributed by atoms with Crippen molar-refractivity contribution in [3.63, 3.8) is 0 Å². The van der Waals surface area contributed by atoms with E-state index in [0.29, 0.717) is 37.5 Å². The van der Waals surface area contributed by atoms with Crippen molar-refractivity contribution in [2.45, 2.75) is 70.1 Å². The van der Waals surface area contributed by atoms with Gasteiger partial charge in [0.05, 0.1) is 17.2 Å². The SMILES string of the molecule is O=C(CCC1CCS(=O)(=O)C1)Cc1cccc(C2CCCC(C3=NC=CCC4=C3C=CC4)C2)c1. The van der Waals surface area contributed by atoms with E-state index in [4.69, 9.17) is 4.99 Å². The molecule has 34 heavy (non-hydrogen) atoms. The lowest BCUT2D eigenvalue weighted by Gasteiger charge is -2.31. The maximum absolute atomic E-state index is 12.6. The maximum atomic E-state index is 12.6. The van der Waals surface area contributed by atoms with Crippen molar-refractivity contribution in [2.75, 3.05) is 11.5 Å². The molecule has 3 atom stereocenters. The highest BCUT2D eigenvalue weighted by atomic mass is 32.2. The van der Waals surface area contributed by atoms with Gasteiger partial charge in [-0.25, -0.2) is 8.42 Å². The molecule has 0 aromatic heterocycles. The number of allylic oxidation sites excluding steroid dienone is 5. The summed E-state index contributed by atoms with van der Waals surface area (Å²) in [7, 11) is -2.87. The Bertz CT molecular complexity index is 1170. The molecule has 5 rings (SSSR count). The Labute approximate surface area is 203 Å². The zero-order valence-corrected chi connectivity index (χ0v) is 20.7. The molecule has 1 saturated heterocycles. The van der Waals surface area contributed by atoms with Crippen LogP contribution in [-0.4, -0.2) is 31.4 Å². The van der Waals surface area contributed by atoms with Crippen molar-refractivity contribution in [1.82, 2.24) is 0 Å². The van der Waals surface area contributed by atoms with Gasteiger partial charge in [0.2, 0.25) is 0 Å². The molecular formula is C29H35NO3S. The van der Waals surface area contributed by atoms with Crippen LogP contribution in [0.2, 0.25) is 0 Å². The third kappa shape index (κ3) is 5.51. The molecule has 1 saturated carbocycles. The first-order valence-electron chi connectivity index (χ1n) is 12.9. The Morgan fingerprint density at radius 2 is 1.91 bits per heavy atom. The van der Waals surface area contributed by atoms with E-state index in [1.165, 1.54) is 41.7 Å². The van der Waals surface area contributed by atoms with Crippen molar-refractivity contribution in [3.05, 3.63) is 71.0 Å². The number of rotatable bonds is 7. The first kappa shape index (κ1) is 23.5. The van der Waals surface area contributed by atoms with Gasteiger partial charge in [0, 0.05) is 25.0 Å². The normalized spacial score (nSPS) is 28.0. The van der Waals surface area contributed by atoms with Gasteiger partial charge in [0.25, 0.3) is 0 Å². The van der Waals surface area contributed by atoms with E-state index < -0.39 is 9.84 Å². The average Bonchev–Trinajstić information content (AvgIpc) is 3.38. The van der Waals surface area contributed by atoms with Crippen LogP contribution in [0.4, 0.5) is 0 Å². The van der Waals surface area contributed by atoms with Crippen LogP contribution in [0.25, 0.3) is 0 Å². The Morgan fingerprint density at radius 3 is 2.76 bits per heavy atom. The molecule has 4 aliphatic rings. The molecule has 3 unspecified atom stereocenters. The van der Waals surface area contributed by atoms with E-state index in [2.05, 4.69) is 42.5 Å². The molecule has 1 aromatic rings. The Hall–Kier alpha value is -2.27. The van der Waals surface area contributed by atoms with Crippen molar-refractivity contribution in [3.8, 4) is 0 Å². The molecule has 2 aliphatic carbocycles. The molecule has 0 N–H and O–H groups in total. The van der Waals surface area contributed by atoms with E-state index >= 15 is 0 Å². The largest absolute Gasteiger partial charge is 0.299 e. The molecule has 0 spiro atoms. The van der Waals surface area contributed by atoms with Crippen LogP contribution in [-0.2, 0) is 21.1 Å². The van der Waals surface area contributed by atoms with Gasteiger partial charge in [0.1, 0.15) is 5.78 Å². The summed E-state index contributed by atoms with van der Waals surface area (Å²) in [6.07, 6.45) is 17.8. The fourth-order valence-electron chi connectivity index (χ4n) is 6.21. The summed E-state index contributed by atoms with van der Waals surface area (Å²) in [4.78, 5) is 17.5. The van der Waals surface area contributed by atoms with E-state index in [0.717, 1.165) is 24.8 Å². The number of Topliss-reactive ketones (excluding diaryl/α,β-unsaturated/α-hetero) is 1. The van der Waals surface area contributed by atoms with Crippen molar-refractivity contribution < 1.29 is 13.2 Å². The van der Waals surface area contributed by atoms with Gasteiger partial charge in [-0.15, -0.1) is 0 Å². The zero-order valence-electron chi connectivity index (χ0n) is 19.9. The first-order chi connectivity index (χ1) is 16.5. The molecule has 0 bridgehead atoms. The van der Waals surface area contributed by atoms with Crippen LogP contribution >= 0.6 is 0 Å². The van der Waals surface area contributed by atoms with Gasteiger partial charge in [-0.2, -0.15) is 0 Å².